The van der Waals surface area contributed by atoms with E-state index in [1.807, 2.05) is 24.3 Å². The molecule has 0 radical (unpaired) electrons. The molecule has 0 spiro atoms. The van der Waals surface area contributed by atoms with E-state index in [0.717, 1.165) is 39.7 Å². The highest BCUT2D eigenvalue weighted by Crippen LogP contribution is 2.40. The number of anilines is 1. The molecule has 9 heteroatoms. The Hall–Kier alpha value is -2.52. The number of hydrazone groups is 1. The third-order valence-corrected chi connectivity index (χ3v) is 6.59. The van der Waals surface area contributed by atoms with E-state index in [9.17, 15) is 14.4 Å². The van der Waals surface area contributed by atoms with Crippen LogP contribution in [0.4, 0.5) is 5.00 Å². The van der Waals surface area contributed by atoms with Crippen LogP contribution >= 0.6 is 27.3 Å². The molecule has 1 aliphatic carbocycles. The van der Waals surface area contributed by atoms with Crippen LogP contribution in [0.1, 0.15) is 46.6 Å². The SMILES string of the molecule is CCOC(=O)c1c(NC(=O)C(=O)N/N=C\c2ccccc2Br)sc2c1CC[C@H](C)C2. The van der Waals surface area contributed by atoms with Gasteiger partial charge in [0.25, 0.3) is 0 Å². The summed E-state index contributed by atoms with van der Waals surface area (Å²) in [5.74, 6) is -1.79. The third kappa shape index (κ3) is 5.14. The van der Waals surface area contributed by atoms with Gasteiger partial charge in [-0.25, -0.2) is 10.2 Å². The van der Waals surface area contributed by atoms with E-state index in [1.54, 1.807) is 6.92 Å². The second-order valence-electron chi connectivity index (χ2n) is 6.95. The lowest BCUT2D eigenvalue weighted by atomic mass is 9.88. The van der Waals surface area contributed by atoms with Gasteiger partial charge in [-0.05, 0) is 43.7 Å². The van der Waals surface area contributed by atoms with Crippen molar-refractivity contribution in [1.82, 2.24) is 5.43 Å². The Morgan fingerprint density at radius 2 is 2.07 bits per heavy atom. The Balaban J connectivity index is 1.73. The minimum absolute atomic E-state index is 0.234. The predicted molar refractivity (Wildman–Crippen MR) is 120 cm³/mol. The van der Waals surface area contributed by atoms with Crippen molar-refractivity contribution in [2.45, 2.75) is 33.1 Å². The number of fused-ring (bicyclic) bond motifs is 1. The molecule has 2 aromatic rings. The Morgan fingerprint density at radius 3 is 2.80 bits per heavy atom. The summed E-state index contributed by atoms with van der Waals surface area (Å²) in [5.41, 5.74) is 4.24. The van der Waals surface area contributed by atoms with Crippen molar-refractivity contribution in [3.63, 3.8) is 0 Å². The second-order valence-corrected chi connectivity index (χ2v) is 8.91. The highest BCUT2D eigenvalue weighted by Gasteiger charge is 2.30. The normalized spacial score (nSPS) is 15.5. The summed E-state index contributed by atoms with van der Waals surface area (Å²) in [6.07, 6.45) is 3.99. The van der Waals surface area contributed by atoms with Gasteiger partial charge in [0.1, 0.15) is 5.00 Å². The van der Waals surface area contributed by atoms with E-state index in [0.29, 0.717) is 16.5 Å². The zero-order chi connectivity index (χ0) is 21.7. The van der Waals surface area contributed by atoms with Gasteiger partial charge in [-0.2, -0.15) is 5.10 Å². The van der Waals surface area contributed by atoms with Crippen molar-refractivity contribution in [3.8, 4) is 0 Å². The second kappa shape index (κ2) is 9.99. The number of esters is 1. The molecule has 0 fully saturated rings. The summed E-state index contributed by atoms with van der Waals surface area (Å²) < 4.78 is 5.99. The Kier molecular flexibility index (Phi) is 7.38. The number of ether oxygens (including phenoxy) is 1. The van der Waals surface area contributed by atoms with Crippen LogP contribution in [0.2, 0.25) is 0 Å². The minimum Gasteiger partial charge on any atom is -0.462 e. The first-order chi connectivity index (χ1) is 14.4. The quantitative estimate of drug-likeness (QED) is 0.286. The Labute approximate surface area is 187 Å². The summed E-state index contributed by atoms with van der Waals surface area (Å²) in [6, 6.07) is 7.34. The number of carbonyl (C=O) groups is 3. The van der Waals surface area contributed by atoms with Crippen LogP contribution in [0.15, 0.2) is 33.8 Å². The number of halogens is 1. The van der Waals surface area contributed by atoms with Crippen LogP contribution in [-0.4, -0.2) is 30.6 Å². The molecule has 7 nitrogen and oxygen atoms in total. The fourth-order valence-electron chi connectivity index (χ4n) is 3.21. The van der Waals surface area contributed by atoms with E-state index in [1.165, 1.54) is 17.6 Å². The first kappa shape index (κ1) is 22.2. The maximum absolute atomic E-state index is 12.5. The highest BCUT2D eigenvalue weighted by atomic mass is 79.9. The fraction of sp³-hybridized carbons (Fsp3) is 0.333. The van der Waals surface area contributed by atoms with E-state index in [4.69, 9.17) is 4.74 Å². The van der Waals surface area contributed by atoms with Gasteiger partial charge in [-0.3, -0.25) is 9.59 Å². The number of hydrogen-bond acceptors (Lipinski definition) is 6. The summed E-state index contributed by atoms with van der Waals surface area (Å²) in [4.78, 5) is 38.1. The lowest BCUT2D eigenvalue weighted by Gasteiger charge is -2.18. The number of thiophene rings is 1. The highest BCUT2D eigenvalue weighted by molar-refractivity contribution is 9.10. The van der Waals surface area contributed by atoms with Gasteiger partial charge in [0, 0.05) is 14.9 Å². The molecule has 2 N–H and O–H groups in total. The number of hydrogen-bond donors (Lipinski definition) is 2. The number of rotatable bonds is 5. The van der Waals surface area contributed by atoms with Gasteiger partial charge >= 0.3 is 17.8 Å². The van der Waals surface area contributed by atoms with E-state index in [-0.39, 0.29) is 6.61 Å². The van der Waals surface area contributed by atoms with Crippen molar-refractivity contribution >= 4 is 56.3 Å². The summed E-state index contributed by atoms with van der Waals surface area (Å²) in [5, 5.41) is 6.74. The van der Waals surface area contributed by atoms with Crippen molar-refractivity contribution in [3.05, 3.63) is 50.3 Å². The van der Waals surface area contributed by atoms with Crippen LogP contribution in [-0.2, 0) is 27.2 Å². The van der Waals surface area contributed by atoms with Crippen LogP contribution in [0.25, 0.3) is 0 Å². The molecule has 1 atom stereocenters. The Morgan fingerprint density at radius 1 is 1.30 bits per heavy atom. The zero-order valence-corrected chi connectivity index (χ0v) is 19.1. The predicted octanol–water partition coefficient (Wildman–Crippen LogP) is 3.90. The molecule has 158 valence electrons. The number of amides is 2. The average molecular weight is 492 g/mol. The molecule has 0 saturated heterocycles. The lowest BCUT2D eigenvalue weighted by molar-refractivity contribution is -0.136. The molecule has 0 bridgehead atoms. The van der Waals surface area contributed by atoms with Crippen molar-refractivity contribution in [1.29, 1.82) is 0 Å². The molecule has 0 aliphatic heterocycles. The molecule has 1 heterocycles. The lowest BCUT2D eigenvalue weighted by Crippen LogP contribution is -2.32. The summed E-state index contributed by atoms with van der Waals surface area (Å²) in [6.45, 7) is 4.12. The molecule has 1 aromatic carbocycles. The third-order valence-electron chi connectivity index (χ3n) is 4.70. The van der Waals surface area contributed by atoms with Crippen molar-refractivity contribution in [2.24, 2.45) is 11.0 Å². The molecule has 1 aliphatic rings. The summed E-state index contributed by atoms with van der Waals surface area (Å²) >= 11 is 4.71. The average Bonchev–Trinajstić information content (AvgIpc) is 3.06. The van der Waals surface area contributed by atoms with Gasteiger partial charge < -0.3 is 10.1 Å². The maximum Gasteiger partial charge on any atom is 0.341 e. The van der Waals surface area contributed by atoms with Crippen LogP contribution in [0, 0.1) is 5.92 Å². The van der Waals surface area contributed by atoms with Crippen LogP contribution in [0.3, 0.4) is 0 Å². The van der Waals surface area contributed by atoms with Crippen molar-refractivity contribution in [2.75, 3.05) is 11.9 Å². The minimum atomic E-state index is -0.923. The topological polar surface area (TPSA) is 96.9 Å². The van der Waals surface area contributed by atoms with Crippen molar-refractivity contribution < 1.29 is 19.1 Å². The smallest absolute Gasteiger partial charge is 0.341 e. The molecule has 3 rings (SSSR count). The van der Waals surface area contributed by atoms with E-state index < -0.39 is 17.8 Å². The first-order valence-corrected chi connectivity index (χ1v) is 11.2. The fourth-order valence-corrected chi connectivity index (χ4v) is 4.99. The van der Waals surface area contributed by atoms with E-state index in [2.05, 4.69) is 38.7 Å². The van der Waals surface area contributed by atoms with Gasteiger partial charge in [-0.15, -0.1) is 11.3 Å². The molecule has 1 aromatic heterocycles. The molecular weight excluding hydrogens is 470 g/mol. The molecule has 30 heavy (non-hydrogen) atoms. The number of carbonyl (C=O) groups excluding carboxylic acids is 3. The maximum atomic E-state index is 12.5. The molecular formula is C21H22BrN3O4S. The van der Waals surface area contributed by atoms with Gasteiger partial charge in [0.05, 0.1) is 18.4 Å². The zero-order valence-electron chi connectivity index (χ0n) is 16.7. The Bertz CT molecular complexity index is 1000. The number of benzene rings is 1. The number of nitrogens with zero attached hydrogens (tertiary/aromatic N) is 1. The van der Waals surface area contributed by atoms with Crippen LogP contribution in [0.5, 0.6) is 0 Å². The number of nitrogens with one attached hydrogen (secondary N) is 2. The van der Waals surface area contributed by atoms with Crippen LogP contribution < -0.4 is 10.7 Å². The summed E-state index contributed by atoms with van der Waals surface area (Å²) in [7, 11) is 0. The molecule has 0 unspecified atom stereocenters. The van der Waals surface area contributed by atoms with Gasteiger partial charge in [0.2, 0.25) is 0 Å². The van der Waals surface area contributed by atoms with E-state index >= 15 is 0 Å². The van der Waals surface area contributed by atoms with Gasteiger partial charge in [-0.1, -0.05) is 41.1 Å². The molecule has 2 amide bonds. The largest absolute Gasteiger partial charge is 0.462 e. The molecule has 0 saturated carbocycles. The standard InChI is InChI=1S/C21H22BrN3O4S/c1-3-29-21(28)17-14-9-8-12(2)10-16(14)30-20(17)24-18(26)19(27)25-23-11-13-6-4-5-7-15(13)22/h4-7,11-12H,3,8-10H2,1-2H3,(H,24,26)(H,25,27)/b23-11-/t12-/m0/s1. The monoisotopic (exact) mass is 491 g/mol. The van der Waals surface area contributed by atoms with Gasteiger partial charge in [0.15, 0.2) is 0 Å². The first-order valence-electron chi connectivity index (χ1n) is 9.61.